The molecule has 5 rings (SSSR count). The summed E-state index contributed by atoms with van der Waals surface area (Å²) < 4.78 is 3.35. The number of fused-ring (bicyclic) bond motifs is 8. The predicted molar refractivity (Wildman–Crippen MR) is 160 cm³/mol. The molecule has 0 saturated carbocycles. The second-order valence-electron chi connectivity index (χ2n) is 7.88. The third kappa shape index (κ3) is 5.18. The molecule has 0 radical (unpaired) electrons. The van der Waals surface area contributed by atoms with E-state index in [1.807, 2.05) is 0 Å². The van der Waals surface area contributed by atoms with Gasteiger partial charge in [-0.15, -0.1) is 0 Å². The van der Waals surface area contributed by atoms with Crippen LogP contribution in [0.5, 0.6) is 0 Å². The van der Waals surface area contributed by atoms with Gasteiger partial charge in [0.2, 0.25) is 0 Å². The fourth-order valence-corrected chi connectivity index (χ4v) is 5.82. The molecule has 2 aliphatic heterocycles. The summed E-state index contributed by atoms with van der Waals surface area (Å²) in [4.78, 5) is 17.2. The van der Waals surface area contributed by atoms with Gasteiger partial charge in [-0.2, -0.15) is 0 Å². The van der Waals surface area contributed by atoms with Crippen molar-refractivity contribution < 1.29 is 19.5 Å². The van der Waals surface area contributed by atoms with E-state index < -0.39 is 0 Å². The van der Waals surface area contributed by atoms with Crippen LogP contribution in [0.3, 0.4) is 0 Å². The maximum absolute atomic E-state index is 5.03. The van der Waals surface area contributed by atoms with Crippen molar-refractivity contribution in [1.29, 1.82) is 0 Å². The molecule has 4 nitrogen and oxygen atoms in total. The van der Waals surface area contributed by atoms with Crippen molar-refractivity contribution in [3.05, 3.63) is 63.3 Å². The van der Waals surface area contributed by atoms with E-state index in [-0.39, 0.29) is 19.5 Å². The molecule has 0 atom stereocenters. The maximum Gasteiger partial charge on any atom is 0.0793 e. The van der Waals surface area contributed by atoms with Crippen LogP contribution in [0, 0.1) is 10.7 Å². The van der Waals surface area contributed by atoms with Crippen LogP contribution < -0.4 is 0 Å². The van der Waals surface area contributed by atoms with Gasteiger partial charge in [-0.3, -0.25) is 0 Å². The van der Waals surface area contributed by atoms with Crippen LogP contribution in [-0.4, -0.2) is 19.9 Å². The van der Waals surface area contributed by atoms with Crippen LogP contribution in [0.4, 0.5) is 0 Å². The first kappa shape index (κ1) is 25.5. The van der Waals surface area contributed by atoms with E-state index in [2.05, 4.69) is 133 Å². The Hall–Kier alpha value is -0.587. The van der Waals surface area contributed by atoms with Crippen LogP contribution in [-0.2, 0) is 25.9 Å². The molecule has 0 aromatic carbocycles. The average molecular weight is 824 g/mol. The van der Waals surface area contributed by atoms with Crippen molar-refractivity contribution in [2.75, 3.05) is 0 Å². The van der Waals surface area contributed by atoms with Crippen LogP contribution in [0.2, 0.25) is 0 Å². The molecule has 164 valence electrons. The van der Waals surface area contributed by atoms with Crippen LogP contribution in [0.1, 0.15) is 54.5 Å². The standard InChI is InChI=1S/C25H21I3N4.Zn/c1-2-3-4-5-14-15-6-8-17(29-15)23(26)19-10-12-21(31-19)25(28)22-13-11-20(32-22)24(27)18-9-7-16(14)30-18;/h6-13,29,31H,2-5H2,1H3;. The zero-order chi connectivity index (χ0) is 22.2. The van der Waals surface area contributed by atoms with E-state index >= 15 is 0 Å². The van der Waals surface area contributed by atoms with Gasteiger partial charge in [0.15, 0.2) is 0 Å². The Morgan fingerprint density at radius 3 is 1.76 bits per heavy atom. The number of rotatable bonds is 4. The predicted octanol–water partition coefficient (Wildman–Crippen LogP) is 8.20. The van der Waals surface area contributed by atoms with Gasteiger partial charge < -0.3 is 9.97 Å². The first-order valence-corrected chi connectivity index (χ1v) is 13.9. The Balaban J connectivity index is 0.00000259. The summed E-state index contributed by atoms with van der Waals surface area (Å²) in [5.74, 6) is 0. The van der Waals surface area contributed by atoms with E-state index in [0.29, 0.717) is 0 Å². The molecule has 33 heavy (non-hydrogen) atoms. The minimum Gasteiger partial charge on any atom is -0.354 e. The summed E-state index contributed by atoms with van der Waals surface area (Å²) in [5.41, 5.74) is 9.71. The summed E-state index contributed by atoms with van der Waals surface area (Å²) in [6.45, 7) is 2.24. The van der Waals surface area contributed by atoms with E-state index in [1.165, 1.54) is 22.0 Å². The fourth-order valence-electron chi connectivity index (χ4n) is 3.98. The van der Waals surface area contributed by atoms with Gasteiger partial charge in [0.1, 0.15) is 0 Å². The van der Waals surface area contributed by atoms with Crippen LogP contribution in [0.25, 0.3) is 46.4 Å². The Kier molecular flexibility index (Phi) is 8.50. The molecular weight excluding hydrogens is 802 g/mol. The minimum atomic E-state index is 0. The Bertz CT molecular complexity index is 1430. The fraction of sp³-hybridized carbons (Fsp3) is 0.200. The molecule has 8 bridgehead atoms. The van der Waals surface area contributed by atoms with Gasteiger partial charge >= 0.3 is 0 Å². The zero-order valence-electron chi connectivity index (χ0n) is 18.2. The number of hydrogen-bond acceptors (Lipinski definition) is 2. The quantitative estimate of drug-likeness (QED) is 0.109. The Morgan fingerprint density at radius 2 is 1.12 bits per heavy atom. The second-order valence-corrected chi connectivity index (χ2v) is 11.1. The molecule has 0 aliphatic carbocycles. The van der Waals surface area contributed by atoms with Crippen LogP contribution in [0.15, 0.2) is 24.3 Å². The van der Waals surface area contributed by atoms with Crippen molar-refractivity contribution >= 4 is 114 Å². The number of hydrogen-bond donors (Lipinski definition) is 2. The molecule has 3 aromatic rings. The van der Waals surface area contributed by atoms with Gasteiger partial charge in [0.05, 0.1) is 50.0 Å². The summed E-state index contributed by atoms with van der Waals surface area (Å²) >= 11 is 7.18. The molecule has 8 heteroatoms. The van der Waals surface area contributed by atoms with Gasteiger partial charge in [0, 0.05) is 30.6 Å². The van der Waals surface area contributed by atoms with E-state index in [9.17, 15) is 0 Å². The van der Waals surface area contributed by atoms with Gasteiger partial charge in [-0.05, 0) is 129 Å². The normalized spacial score (nSPS) is 12.2. The minimum absolute atomic E-state index is 0. The van der Waals surface area contributed by atoms with Crippen LogP contribution >= 0.6 is 67.8 Å². The zero-order valence-corrected chi connectivity index (χ0v) is 27.6. The van der Waals surface area contributed by atoms with Gasteiger partial charge in [-0.25, -0.2) is 9.97 Å². The van der Waals surface area contributed by atoms with E-state index in [4.69, 9.17) is 9.97 Å². The summed E-state index contributed by atoms with van der Waals surface area (Å²) in [5, 5.41) is 0. The van der Waals surface area contributed by atoms with E-state index in [0.717, 1.165) is 64.8 Å². The molecule has 0 fully saturated rings. The first-order valence-electron chi connectivity index (χ1n) is 10.7. The SMILES string of the molecule is CCCCCc1c2nc(c(I)c3nc(c(I)c4ccc([nH]4)c(I)c4ccc1[nH]4)C=C3)C=C2.[Zn]. The average Bonchev–Trinajstić information content (AvgIpc) is 3.61. The van der Waals surface area contributed by atoms with Crippen molar-refractivity contribution in [3.63, 3.8) is 0 Å². The third-order valence-corrected chi connectivity index (χ3v) is 9.10. The Labute approximate surface area is 246 Å². The molecule has 0 spiro atoms. The molecule has 0 amide bonds. The first-order chi connectivity index (χ1) is 15.5. The molecule has 0 saturated heterocycles. The molecule has 2 aliphatic rings. The number of halogens is 3. The number of nitrogens with one attached hydrogen (secondary N) is 2. The molecular formula is C25H21I3N4Zn. The topological polar surface area (TPSA) is 57.4 Å². The third-order valence-electron chi connectivity index (χ3n) is 5.70. The number of aromatic nitrogens is 4. The van der Waals surface area contributed by atoms with Crippen molar-refractivity contribution in [2.24, 2.45) is 0 Å². The largest absolute Gasteiger partial charge is 0.354 e. The maximum atomic E-state index is 5.03. The molecule has 2 N–H and O–H groups in total. The number of aryl methyl sites for hydroxylation is 1. The monoisotopic (exact) mass is 822 g/mol. The number of nitrogens with zero attached hydrogens (tertiary/aromatic N) is 2. The van der Waals surface area contributed by atoms with Crippen molar-refractivity contribution in [3.8, 4) is 0 Å². The Morgan fingerprint density at radius 1 is 0.636 bits per heavy atom. The van der Waals surface area contributed by atoms with Gasteiger partial charge in [0.25, 0.3) is 0 Å². The molecule has 3 aromatic heterocycles. The number of unbranched alkanes of at least 4 members (excludes halogenated alkanes) is 2. The smallest absolute Gasteiger partial charge is 0.0793 e. The summed E-state index contributed by atoms with van der Waals surface area (Å²) in [7, 11) is 0. The summed E-state index contributed by atoms with van der Waals surface area (Å²) in [6, 6.07) is 8.65. The van der Waals surface area contributed by atoms with E-state index in [1.54, 1.807) is 0 Å². The molecule has 5 heterocycles. The second kappa shape index (κ2) is 11.0. The number of H-pyrrole nitrogens is 2. The van der Waals surface area contributed by atoms with Crippen molar-refractivity contribution in [2.45, 2.75) is 32.6 Å². The number of aromatic amines is 2. The van der Waals surface area contributed by atoms with Crippen molar-refractivity contribution in [1.82, 2.24) is 19.9 Å². The summed E-state index contributed by atoms with van der Waals surface area (Å²) in [6.07, 6.45) is 13.0. The molecule has 0 unspecified atom stereocenters. The van der Waals surface area contributed by atoms with Gasteiger partial charge in [-0.1, -0.05) is 19.8 Å².